The zero-order valence-electron chi connectivity index (χ0n) is 30.9. The number of aliphatic hydroxyl groups is 1. The number of halogens is 2. The highest BCUT2D eigenvalue weighted by molar-refractivity contribution is 6.01. The molecule has 1 unspecified atom stereocenters. The summed E-state index contributed by atoms with van der Waals surface area (Å²) >= 11 is 0. The SMILES string of the molecule is Cc1nc(CN2CCC(c3ccc4c(c3)C(=O)N([C@H]3CCC(O)NC3=O)C4)CC2)cnc1O[C@H]1CN2c3cc(-c4cccc(F)c4O)nnc3NC[C@@]2(CF)C1. The summed E-state index contributed by atoms with van der Waals surface area (Å²) in [5.41, 5.74) is 4.35. The minimum Gasteiger partial charge on any atom is -0.504 e. The molecule has 3 saturated heterocycles. The fourth-order valence-electron chi connectivity index (χ4n) is 9.03. The molecule has 7 heterocycles. The Morgan fingerprint density at radius 1 is 1.05 bits per heavy atom. The Kier molecular flexibility index (Phi) is 9.19. The van der Waals surface area contributed by atoms with E-state index in [2.05, 4.69) is 36.8 Å². The number of aliphatic hydroxyl groups excluding tert-OH is 1. The minimum absolute atomic E-state index is 0.127. The van der Waals surface area contributed by atoms with Gasteiger partial charge in [-0.3, -0.25) is 14.5 Å². The van der Waals surface area contributed by atoms with E-state index in [1.807, 2.05) is 24.0 Å². The second kappa shape index (κ2) is 14.2. The van der Waals surface area contributed by atoms with E-state index >= 15 is 0 Å². The molecule has 292 valence electrons. The van der Waals surface area contributed by atoms with Gasteiger partial charge >= 0.3 is 0 Å². The zero-order chi connectivity index (χ0) is 38.7. The van der Waals surface area contributed by atoms with E-state index in [4.69, 9.17) is 9.72 Å². The molecule has 0 radical (unpaired) electrons. The van der Waals surface area contributed by atoms with Gasteiger partial charge in [-0.05, 0) is 87.0 Å². The molecule has 16 heteroatoms. The number of amides is 2. The van der Waals surface area contributed by atoms with Gasteiger partial charge in [0.1, 0.15) is 25.0 Å². The summed E-state index contributed by atoms with van der Waals surface area (Å²) in [5, 5.41) is 34.3. The average molecular weight is 768 g/mol. The molecule has 56 heavy (non-hydrogen) atoms. The molecular formula is C40H43F2N9O5. The predicted molar refractivity (Wildman–Crippen MR) is 200 cm³/mol. The Morgan fingerprint density at radius 3 is 2.68 bits per heavy atom. The van der Waals surface area contributed by atoms with E-state index in [0.29, 0.717) is 80.0 Å². The van der Waals surface area contributed by atoms with E-state index in [0.717, 1.165) is 48.8 Å². The summed E-state index contributed by atoms with van der Waals surface area (Å²) in [7, 11) is 0. The number of ether oxygens (including phenoxy) is 1. The molecule has 0 bridgehead atoms. The molecule has 2 aromatic carbocycles. The fraction of sp³-hybridized carbons (Fsp3) is 0.450. The molecule has 2 amide bonds. The number of benzene rings is 2. The number of fused-ring (bicyclic) bond motifs is 4. The van der Waals surface area contributed by atoms with Crippen LogP contribution in [0.4, 0.5) is 20.3 Å². The van der Waals surface area contributed by atoms with Crippen molar-refractivity contribution in [2.45, 2.75) is 81.9 Å². The topological polar surface area (TPSA) is 169 Å². The van der Waals surface area contributed by atoms with Crippen molar-refractivity contribution in [3.63, 3.8) is 0 Å². The van der Waals surface area contributed by atoms with Crippen molar-refractivity contribution in [1.82, 2.24) is 35.3 Å². The molecule has 4 aromatic rings. The lowest BCUT2D eigenvalue weighted by Gasteiger charge is -2.42. The molecule has 2 aromatic heterocycles. The lowest BCUT2D eigenvalue weighted by molar-refractivity contribution is -0.132. The van der Waals surface area contributed by atoms with Gasteiger partial charge in [-0.2, -0.15) is 0 Å². The quantitative estimate of drug-likeness (QED) is 0.205. The van der Waals surface area contributed by atoms with E-state index in [1.165, 1.54) is 6.07 Å². The van der Waals surface area contributed by atoms with Crippen LogP contribution in [0, 0.1) is 12.7 Å². The van der Waals surface area contributed by atoms with Crippen LogP contribution in [0.25, 0.3) is 11.3 Å². The van der Waals surface area contributed by atoms with Crippen molar-refractivity contribution in [1.29, 1.82) is 0 Å². The number of aryl methyl sites for hydroxylation is 1. The first-order chi connectivity index (χ1) is 27.1. The van der Waals surface area contributed by atoms with Crippen LogP contribution >= 0.6 is 0 Å². The first-order valence-electron chi connectivity index (χ1n) is 19.2. The van der Waals surface area contributed by atoms with Crippen LogP contribution in [0.2, 0.25) is 0 Å². The summed E-state index contributed by atoms with van der Waals surface area (Å²) in [6, 6.07) is 11.5. The van der Waals surface area contributed by atoms with E-state index < -0.39 is 42.2 Å². The van der Waals surface area contributed by atoms with Crippen LogP contribution in [0.3, 0.4) is 0 Å². The molecule has 4 atom stereocenters. The van der Waals surface area contributed by atoms with Crippen molar-refractivity contribution in [3.05, 3.63) is 82.6 Å². The van der Waals surface area contributed by atoms with Gasteiger partial charge in [0.05, 0.1) is 41.0 Å². The van der Waals surface area contributed by atoms with Crippen LogP contribution in [0.5, 0.6) is 11.6 Å². The number of phenols is 1. The number of carbonyl (C=O) groups is 2. The number of phenolic OH excluding ortho intramolecular Hbond substituents is 1. The lowest BCUT2D eigenvalue weighted by atomic mass is 9.88. The van der Waals surface area contributed by atoms with Gasteiger partial charge in [-0.15, -0.1) is 10.2 Å². The fourth-order valence-corrected chi connectivity index (χ4v) is 9.03. The summed E-state index contributed by atoms with van der Waals surface area (Å²) in [5.74, 6) is -0.549. The summed E-state index contributed by atoms with van der Waals surface area (Å²) in [4.78, 5) is 41.3. The van der Waals surface area contributed by atoms with Crippen LogP contribution in [0.1, 0.15) is 70.9 Å². The number of carbonyl (C=O) groups excluding carboxylic acids is 2. The van der Waals surface area contributed by atoms with Crippen LogP contribution < -0.4 is 20.3 Å². The number of piperidine rings is 2. The number of anilines is 2. The lowest BCUT2D eigenvalue weighted by Crippen LogP contribution is -2.54. The molecule has 4 N–H and O–H groups in total. The van der Waals surface area contributed by atoms with E-state index in [1.54, 1.807) is 23.2 Å². The van der Waals surface area contributed by atoms with Gasteiger partial charge in [-0.1, -0.05) is 18.2 Å². The summed E-state index contributed by atoms with van der Waals surface area (Å²) in [6.45, 7) is 4.61. The Labute approximate surface area is 321 Å². The smallest absolute Gasteiger partial charge is 0.255 e. The monoisotopic (exact) mass is 767 g/mol. The van der Waals surface area contributed by atoms with Gasteiger partial charge in [0.15, 0.2) is 17.4 Å². The number of alkyl halides is 1. The minimum atomic E-state index is -0.899. The normalized spacial score (nSPS) is 25.0. The third-order valence-electron chi connectivity index (χ3n) is 12.1. The van der Waals surface area contributed by atoms with E-state index in [-0.39, 0.29) is 23.1 Å². The first kappa shape index (κ1) is 36.2. The number of para-hydroxylation sites is 1. The number of nitrogens with zero attached hydrogens (tertiary/aromatic N) is 7. The number of aromatic nitrogens is 4. The number of rotatable bonds is 8. The van der Waals surface area contributed by atoms with Crippen molar-refractivity contribution < 1.29 is 33.3 Å². The molecule has 5 aliphatic heterocycles. The van der Waals surface area contributed by atoms with Crippen LogP contribution in [-0.4, -0.2) is 109 Å². The summed E-state index contributed by atoms with van der Waals surface area (Å²) < 4.78 is 35.4. The van der Waals surface area contributed by atoms with Gasteiger partial charge in [0.25, 0.3) is 5.91 Å². The highest BCUT2D eigenvalue weighted by atomic mass is 19.1. The van der Waals surface area contributed by atoms with E-state index in [9.17, 15) is 28.6 Å². The van der Waals surface area contributed by atoms with Crippen LogP contribution in [0.15, 0.2) is 48.7 Å². The highest BCUT2D eigenvalue weighted by Crippen LogP contribution is 2.44. The Bertz CT molecular complexity index is 2200. The van der Waals surface area contributed by atoms with Crippen molar-refractivity contribution in [3.8, 4) is 22.9 Å². The maximum atomic E-state index is 14.9. The van der Waals surface area contributed by atoms with Crippen molar-refractivity contribution in [2.75, 3.05) is 43.1 Å². The maximum Gasteiger partial charge on any atom is 0.255 e. The van der Waals surface area contributed by atoms with Gasteiger partial charge in [0.2, 0.25) is 11.8 Å². The average Bonchev–Trinajstić information content (AvgIpc) is 3.74. The molecule has 9 rings (SSSR count). The van der Waals surface area contributed by atoms with Gasteiger partial charge in [-0.25, -0.2) is 18.7 Å². The molecule has 3 fully saturated rings. The molecule has 0 aliphatic carbocycles. The third-order valence-corrected chi connectivity index (χ3v) is 12.1. The number of nitrogens with one attached hydrogen (secondary N) is 2. The molecule has 0 spiro atoms. The third kappa shape index (κ3) is 6.43. The Balaban J connectivity index is 0.817. The number of aromatic hydroxyl groups is 1. The summed E-state index contributed by atoms with van der Waals surface area (Å²) in [6.07, 6.45) is 3.58. The standard InChI is InChI=1S/C40H43F2N9O5/c1-22-38(56-27-15-40(20-41)21-44-36-33(51(40)19-27)14-31(47-48-36)28-3-2-4-30(42)35(28)53)43-16-26(45-22)18-49-11-9-23(10-12-49)24-5-6-25-17-50(39(55)29(25)13-24)32-7-8-34(52)46-37(32)54/h2-6,13-14,16,23,27,32,34,52-53H,7-12,15,17-21H2,1H3,(H,44,48)(H,46,54)/t27-,32+,34?,40+/m1/s1. The second-order valence-electron chi connectivity index (χ2n) is 15.6. The molecule has 0 saturated carbocycles. The number of likely N-dealkylation sites (tertiary alicyclic amines) is 1. The number of hydrogen-bond donors (Lipinski definition) is 4. The predicted octanol–water partition coefficient (Wildman–Crippen LogP) is 3.81. The Hall–Kier alpha value is -5.48. The zero-order valence-corrected chi connectivity index (χ0v) is 30.9. The maximum absolute atomic E-state index is 14.9. The Morgan fingerprint density at radius 2 is 1.89 bits per heavy atom. The molecule has 5 aliphatic rings. The van der Waals surface area contributed by atoms with Crippen LogP contribution in [-0.2, 0) is 17.9 Å². The number of hydrogen-bond acceptors (Lipinski definition) is 12. The second-order valence-corrected chi connectivity index (χ2v) is 15.6. The van der Waals surface area contributed by atoms with Crippen molar-refractivity contribution >= 4 is 23.3 Å². The van der Waals surface area contributed by atoms with Gasteiger partial charge < -0.3 is 35.4 Å². The molecule has 14 nitrogen and oxygen atoms in total. The van der Waals surface area contributed by atoms with Gasteiger partial charge in [0, 0.05) is 37.2 Å². The first-order valence-corrected chi connectivity index (χ1v) is 19.2. The largest absolute Gasteiger partial charge is 0.504 e. The van der Waals surface area contributed by atoms with Crippen molar-refractivity contribution in [2.24, 2.45) is 0 Å². The highest BCUT2D eigenvalue weighted by Gasteiger charge is 2.50. The molecular weight excluding hydrogens is 724 g/mol.